The Morgan fingerprint density at radius 1 is 1.50 bits per heavy atom. The van der Waals surface area contributed by atoms with Crippen LogP contribution in [0.15, 0.2) is 4.99 Å². The Balaban J connectivity index is 3.73. The first-order valence-corrected chi connectivity index (χ1v) is 3.22. The summed E-state index contributed by atoms with van der Waals surface area (Å²) in [7, 11) is 0. The molecule has 0 amide bonds. The minimum atomic E-state index is 0.168. The minimum Gasteiger partial charge on any atom is -0.369 e. The fraction of sp³-hybridized carbons (Fsp3) is 0.833. The highest BCUT2D eigenvalue weighted by molar-refractivity contribution is 5.77. The zero-order valence-electron chi connectivity index (χ0n) is 6.81. The fourth-order valence-corrected chi connectivity index (χ4v) is 0.368. The Bertz CT molecular complexity index is 122. The molecule has 0 aliphatic rings. The summed E-state index contributed by atoms with van der Waals surface area (Å²) in [6, 6.07) is 0. The molecule has 0 heterocycles. The maximum Gasteiger partial charge on any atom is 0.203 e. The molecule has 0 spiro atoms. The summed E-state index contributed by atoms with van der Waals surface area (Å²) in [6.45, 7) is 6.93. The van der Waals surface area contributed by atoms with Crippen LogP contribution in [0.4, 0.5) is 0 Å². The van der Waals surface area contributed by atoms with Gasteiger partial charge in [0.2, 0.25) is 5.96 Å². The molecule has 0 atom stereocenters. The lowest BCUT2D eigenvalue weighted by Crippen LogP contribution is -2.37. The van der Waals surface area contributed by atoms with Gasteiger partial charge in [0.15, 0.2) is 0 Å². The van der Waals surface area contributed by atoms with Gasteiger partial charge >= 0.3 is 0 Å². The summed E-state index contributed by atoms with van der Waals surface area (Å²) < 4.78 is 0. The summed E-state index contributed by atoms with van der Waals surface area (Å²) >= 11 is 0. The van der Waals surface area contributed by atoms with Gasteiger partial charge in [-0.3, -0.25) is 10.4 Å². The van der Waals surface area contributed by atoms with E-state index >= 15 is 0 Å². The van der Waals surface area contributed by atoms with E-state index in [4.69, 9.17) is 11.6 Å². The number of hydrogen-bond donors (Lipinski definition) is 3. The number of hydrazine groups is 1. The van der Waals surface area contributed by atoms with E-state index in [0.29, 0.717) is 6.54 Å². The van der Waals surface area contributed by atoms with Crippen molar-refractivity contribution in [3.05, 3.63) is 0 Å². The van der Waals surface area contributed by atoms with Crippen LogP contribution in [-0.4, -0.2) is 12.5 Å². The van der Waals surface area contributed by atoms with Crippen LogP contribution in [-0.2, 0) is 0 Å². The molecule has 4 heteroatoms. The van der Waals surface area contributed by atoms with Gasteiger partial charge in [-0.2, -0.15) is 0 Å². The van der Waals surface area contributed by atoms with Gasteiger partial charge < -0.3 is 5.73 Å². The van der Waals surface area contributed by atoms with Crippen LogP contribution in [0.1, 0.15) is 20.8 Å². The second kappa shape index (κ2) is 3.41. The molecule has 5 N–H and O–H groups in total. The molecule has 60 valence electrons. The number of nitrogens with two attached hydrogens (primary N) is 2. The van der Waals surface area contributed by atoms with Crippen LogP contribution in [0.5, 0.6) is 0 Å². The van der Waals surface area contributed by atoms with Crippen LogP contribution < -0.4 is 17.0 Å². The highest BCUT2D eigenvalue weighted by Crippen LogP contribution is 2.12. The molecular weight excluding hydrogens is 128 g/mol. The first-order chi connectivity index (χ1) is 4.45. The Morgan fingerprint density at radius 3 is 2.30 bits per heavy atom. The van der Waals surface area contributed by atoms with Crippen molar-refractivity contribution in [2.75, 3.05) is 6.54 Å². The average Bonchev–Trinajstić information content (AvgIpc) is 1.81. The van der Waals surface area contributed by atoms with E-state index in [1.54, 1.807) is 0 Å². The van der Waals surface area contributed by atoms with Gasteiger partial charge in [-0.1, -0.05) is 20.8 Å². The first kappa shape index (κ1) is 9.23. The summed E-state index contributed by atoms with van der Waals surface area (Å²) in [5.41, 5.74) is 7.73. The topological polar surface area (TPSA) is 76.4 Å². The van der Waals surface area contributed by atoms with Crippen molar-refractivity contribution >= 4 is 5.96 Å². The molecule has 0 fully saturated rings. The van der Waals surface area contributed by atoms with E-state index in [1.165, 1.54) is 0 Å². The van der Waals surface area contributed by atoms with Crippen molar-refractivity contribution in [3.63, 3.8) is 0 Å². The van der Waals surface area contributed by atoms with Crippen molar-refractivity contribution < 1.29 is 0 Å². The second-order valence-corrected chi connectivity index (χ2v) is 3.41. The number of aliphatic imine (C=N–C) groups is 1. The van der Waals surface area contributed by atoms with Gasteiger partial charge in [0, 0.05) is 6.54 Å². The Kier molecular flexibility index (Phi) is 3.15. The average molecular weight is 144 g/mol. The monoisotopic (exact) mass is 144 g/mol. The highest BCUT2D eigenvalue weighted by Gasteiger charge is 2.08. The zero-order chi connectivity index (χ0) is 8.20. The SMILES string of the molecule is CC(C)(C)CN=C(N)NN. The molecule has 0 aromatic heterocycles. The van der Waals surface area contributed by atoms with Crippen molar-refractivity contribution in [1.82, 2.24) is 5.43 Å². The van der Waals surface area contributed by atoms with Gasteiger partial charge in [-0.05, 0) is 5.41 Å². The predicted octanol–water partition coefficient (Wildman–Crippen LogP) is -0.189. The molecule has 10 heavy (non-hydrogen) atoms. The smallest absolute Gasteiger partial charge is 0.203 e. The number of guanidine groups is 1. The summed E-state index contributed by atoms with van der Waals surface area (Å²) in [5.74, 6) is 5.28. The van der Waals surface area contributed by atoms with Gasteiger partial charge in [-0.15, -0.1) is 0 Å². The summed E-state index contributed by atoms with van der Waals surface area (Å²) in [6.07, 6.45) is 0. The molecular formula is C6H16N4. The quantitative estimate of drug-likeness (QED) is 0.207. The molecule has 0 radical (unpaired) electrons. The molecule has 0 aliphatic heterocycles. The molecule has 0 aromatic rings. The molecule has 0 bridgehead atoms. The lowest BCUT2D eigenvalue weighted by molar-refractivity contribution is 0.428. The first-order valence-electron chi connectivity index (χ1n) is 3.22. The van der Waals surface area contributed by atoms with Crippen LogP contribution in [0, 0.1) is 5.41 Å². The molecule has 0 aliphatic carbocycles. The van der Waals surface area contributed by atoms with Crippen LogP contribution >= 0.6 is 0 Å². The lowest BCUT2D eigenvalue weighted by Gasteiger charge is -2.14. The molecule has 0 unspecified atom stereocenters. The Hall–Kier alpha value is -0.770. The third-order valence-corrected chi connectivity index (χ3v) is 0.872. The van der Waals surface area contributed by atoms with E-state index in [-0.39, 0.29) is 11.4 Å². The van der Waals surface area contributed by atoms with Gasteiger partial charge in [0.1, 0.15) is 0 Å². The fourth-order valence-electron chi connectivity index (χ4n) is 0.368. The molecule has 0 rings (SSSR count). The molecule has 0 saturated heterocycles. The van der Waals surface area contributed by atoms with Gasteiger partial charge in [-0.25, -0.2) is 5.84 Å². The second-order valence-electron chi connectivity index (χ2n) is 3.41. The normalized spacial score (nSPS) is 13.4. The minimum absolute atomic E-state index is 0.168. The maximum absolute atomic E-state index is 5.29. The van der Waals surface area contributed by atoms with Crippen LogP contribution in [0.3, 0.4) is 0 Å². The largest absolute Gasteiger partial charge is 0.369 e. The van der Waals surface area contributed by atoms with E-state index in [2.05, 4.69) is 31.2 Å². The lowest BCUT2D eigenvalue weighted by atomic mass is 9.97. The Morgan fingerprint density at radius 2 is 2.00 bits per heavy atom. The van der Waals surface area contributed by atoms with E-state index in [0.717, 1.165) is 0 Å². The predicted molar refractivity (Wildman–Crippen MR) is 43.3 cm³/mol. The van der Waals surface area contributed by atoms with Crippen molar-refractivity contribution in [3.8, 4) is 0 Å². The molecule has 0 aromatic carbocycles. The van der Waals surface area contributed by atoms with Crippen molar-refractivity contribution in [2.45, 2.75) is 20.8 Å². The van der Waals surface area contributed by atoms with Gasteiger partial charge in [0.25, 0.3) is 0 Å². The van der Waals surface area contributed by atoms with E-state index in [1.807, 2.05) is 0 Å². The number of nitrogens with one attached hydrogen (secondary N) is 1. The summed E-state index contributed by atoms with van der Waals surface area (Å²) in [4.78, 5) is 3.97. The third kappa shape index (κ3) is 5.37. The molecule has 4 nitrogen and oxygen atoms in total. The zero-order valence-corrected chi connectivity index (χ0v) is 6.81. The number of hydrogen-bond acceptors (Lipinski definition) is 2. The number of rotatable bonds is 1. The van der Waals surface area contributed by atoms with Crippen LogP contribution in [0.25, 0.3) is 0 Å². The highest BCUT2D eigenvalue weighted by atomic mass is 15.3. The van der Waals surface area contributed by atoms with Crippen molar-refractivity contribution in [2.24, 2.45) is 22.0 Å². The van der Waals surface area contributed by atoms with E-state index < -0.39 is 0 Å². The van der Waals surface area contributed by atoms with Crippen LogP contribution in [0.2, 0.25) is 0 Å². The number of nitrogens with zero attached hydrogens (tertiary/aromatic N) is 1. The Labute approximate surface area is 61.7 Å². The summed E-state index contributed by atoms with van der Waals surface area (Å²) in [5, 5.41) is 0. The third-order valence-electron chi connectivity index (χ3n) is 0.872. The van der Waals surface area contributed by atoms with Gasteiger partial charge in [0.05, 0.1) is 0 Å². The standard InChI is InChI=1S/C6H16N4/c1-6(2,3)4-9-5(7)10-8/h4,8H2,1-3H3,(H3,7,9,10). The van der Waals surface area contributed by atoms with E-state index in [9.17, 15) is 0 Å². The molecule has 0 saturated carbocycles. The van der Waals surface area contributed by atoms with Crippen molar-refractivity contribution in [1.29, 1.82) is 0 Å². The maximum atomic E-state index is 5.29.